The number of thioether (sulfide) groups is 1. The van der Waals surface area contributed by atoms with E-state index in [-0.39, 0.29) is 17.8 Å². The lowest BCUT2D eigenvalue weighted by molar-refractivity contribution is -0.129. The van der Waals surface area contributed by atoms with Crippen molar-refractivity contribution in [3.63, 3.8) is 0 Å². The first-order valence-corrected chi connectivity index (χ1v) is 11.8. The maximum absolute atomic E-state index is 12.7. The van der Waals surface area contributed by atoms with E-state index in [2.05, 4.69) is 71.8 Å². The Bertz CT molecular complexity index is 1050. The second-order valence-electron chi connectivity index (χ2n) is 8.44. The SMILES string of the molecule is Cc1ccc(-n2c(SCc3ccccc3C)nnc2C(C)NC(=O)C(C)(C)CCl)cc1. The fraction of sp³-hybridized carbons (Fsp3) is 0.375. The minimum atomic E-state index is -0.660. The van der Waals surface area contributed by atoms with E-state index >= 15 is 0 Å². The molecule has 0 aliphatic carbocycles. The smallest absolute Gasteiger partial charge is 0.227 e. The van der Waals surface area contributed by atoms with Crippen LogP contribution in [0.1, 0.15) is 49.3 Å². The van der Waals surface area contributed by atoms with E-state index in [0.717, 1.165) is 16.6 Å². The number of hydrogen-bond donors (Lipinski definition) is 1. The molecule has 1 amide bonds. The van der Waals surface area contributed by atoms with E-state index in [1.54, 1.807) is 11.8 Å². The van der Waals surface area contributed by atoms with Gasteiger partial charge in [-0.25, -0.2) is 0 Å². The van der Waals surface area contributed by atoms with Crippen LogP contribution in [0.25, 0.3) is 5.69 Å². The number of halogens is 1. The highest BCUT2D eigenvalue weighted by Gasteiger charge is 2.29. The number of hydrogen-bond acceptors (Lipinski definition) is 4. The van der Waals surface area contributed by atoms with Crippen LogP contribution < -0.4 is 5.32 Å². The molecule has 0 fully saturated rings. The first-order valence-electron chi connectivity index (χ1n) is 10.3. The zero-order chi connectivity index (χ0) is 22.6. The van der Waals surface area contributed by atoms with Crippen molar-refractivity contribution in [3.05, 3.63) is 71.0 Å². The number of nitrogens with one attached hydrogen (secondary N) is 1. The molecule has 0 aliphatic heterocycles. The van der Waals surface area contributed by atoms with E-state index in [4.69, 9.17) is 11.6 Å². The molecular weight excluding hydrogens is 428 g/mol. The summed E-state index contributed by atoms with van der Waals surface area (Å²) in [6, 6.07) is 16.3. The number of alkyl halides is 1. The molecule has 0 spiro atoms. The van der Waals surface area contributed by atoms with Crippen molar-refractivity contribution in [2.24, 2.45) is 5.41 Å². The van der Waals surface area contributed by atoms with Crippen LogP contribution in [-0.4, -0.2) is 26.6 Å². The summed E-state index contributed by atoms with van der Waals surface area (Å²) in [6.45, 7) is 9.75. The van der Waals surface area contributed by atoms with Gasteiger partial charge in [-0.3, -0.25) is 9.36 Å². The normalized spacial score (nSPS) is 12.6. The van der Waals surface area contributed by atoms with Crippen LogP contribution in [0.3, 0.4) is 0 Å². The van der Waals surface area contributed by atoms with Gasteiger partial charge in [0.1, 0.15) is 0 Å². The van der Waals surface area contributed by atoms with Crippen LogP contribution in [0, 0.1) is 19.3 Å². The third kappa shape index (κ3) is 5.49. The largest absolute Gasteiger partial charge is 0.346 e. The predicted molar refractivity (Wildman–Crippen MR) is 128 cm³/mol. The van der Waals surface area contributed by atoms with Crippen molar-refractivity contribution in [2.45, 2.75) is 51.6 Å². The maximum atomic E-state index is 12.7. The molecule has 1 unspecified atom stereocenters. The Balaban J connectivity index is 1.93. The lowest BCUT2D eigenvalue weighted by Crippen LogP contribution is -2.40. The molecule has 5 nitrogen and oxygen atoms in total. The molecule has 0 saturated carbocycles. The quantitative estimate of drug-likeness (QED) is 0.353. The number of rotatable bonds is 8. The maximum Gasteiger partial charge on any atom is 0.227 e. The number of aryl methyl sites for hydroxylation is 2. The minimum Gasteiger partial charge on any atom is -0.346 e. The molecule has 1 heterocycles. The Morgan fingerprint density at radius 1 is 1.13 bits per heavy atom. The number of aromatic nitrogens is 3. The van der Waals surface area contributed by atoms with Gasteiger partial charge in [0, 0.05) is 17.3 Å². The van der Waals surface area contributed by atoms with Crippen molar-refractivity contribution in [2.75, 3.05) is 5.88 Å². The average molecular weight is 457 g/mol. The summed E-state index contributed by atoms with van der Waals surface area (Å²) in [5.41, 5.74) is 4.00. The molecule has 1 atom stereocenters. The van der Waals surface area contributed by atoms with Crippen LogP contribution in [0.15, 0.2) is 53.7 Å². The second-order valence-corrected chi connectivity index (χ2v) is 9.65. The Morgan fingerprint density at radius 2 is 1.81 bits per heavy atom. The molecule has 0 bridgehead atoms. The van der Waals surface area contributed by atoms with Crippen LogP contribution in [0.5, 0.6) is 0 Å². The average Bonchev–Trinajstić information content (AvgIpc) is 3.17. The first-order chi connectivity index (χ1) is 14.7. The molecule has 3 rings (SSSR count). The standard InChI is InChI=1S/C24H29ClN4OS/c1-16-10-12-20(13-11-16)29-21(18(3)26-22(30)24(4,5)15-25)27-28-23(29)31-14-19-9-7-6-8-17(19)2/h6-13,18H,14-15H2,1-5H3,(H,26,30). The fourth-order valence-corrected chi connectivity index (χ4v) is 4.18. The van der Waals surface area contributed by atoms with Gasteiger partial charge in [0.15, 0.2) is 11.0 Å². The molecule has 3 aromatic rings. The number of carbonyl (C=O) groups is 1. The predicted octanol–water partition coefficient (Wildman–Crippen LogP) is 5.62. The molecule has 1 N–H and O–H groups in total. The Labute approximate surface area is 193 Å². The number of carbonyl (C=O) groups excluding carboxylic acids is 1. The van der Waals surface area contributed by atoms with Gasteiger partial charge in [0.2, 0.25) is 5.91 Å². The summed E-state index contributed by atoms with van der Waals surface area (Å²) in [6.07, 6.45) is 0. The summed E-state index contributed by atoms with van der Waals surface area (Å²) in [5.74, 6) is 1.61. The first kappa shape index (κ1) is 23.4. The fourth-order valence-electron chi connectivity index (χ4n) is 3.02. The molecular formula is C24H29ClN4OS. The molecule has 31 heavy (non-hydrogen) atoms. The van der Waals surface area contributed by atoms with Gasteiger partial charge in [0.05, 0.1) is 11.5 Å². The Hall–Kier alpha value is -2.31. The van der Waals surface area contributed by atoms with E-state index in [9.17, 15) is 4.79 Å². The van der Waals surface area contributed by atoms with Crippen molar-refractivity contribution in [1.29, 1.82) is 0 Å². The van der Waals surface area contributed by atoms with Crippen molar-refractivity contribution in [3.8, 4) is 5.69 Å². The Kier molecular flexibility index (Phi) is 7.44. The van der Waals surface area contributed by atoms with E-state index in [1.165, 1.54) is 16.7 Å². The molecule has 0 saturated heterocycles. The highest BCUT2D eigenvalue weighted by Crippen LogP contribution is 2.29. The zero-order valence-electron chi connectivity index (χ0n) is 18.6. The molecule has 0 aliphatic rings. The molecule has 2 aromatic carbocycles. The second kappa shape index (κ2) is 9.88. The summed E-state index contributed by atoms with van der Waals surface area (Å²) in [5, 5.41) is 12.8. The van der Waals surface area contributed by atoms with Gasteiger partial charge in [-0.2, -0.15) is 0 Å². The summed E-state index contributed by atoms with van der Waals surface area (Å²) < 4.78 is 2.03. The number of nitrogens with zero attached hydrogens (tertiary/aromatic N) is 3. The van der Waals surface area contributed by atoms with Crippen LogP contribution >= 0.6 is 23.4 Å². The van der Waals surface area contributed by atoms with Gasteiger partial charge in [-0.05, 0) is 57.9 Å². The molecule has 0 radical (unpaired) electrons. The topological polar surface area (TPSA) is 59.8 Å². The van der Waals surface area contributed by atoms with Gasteiger partial charge >= 0.3 is 0 Å². The summed E-state index contributed by atoms with van der Waals surface area (Å²) in [7, 11) is 0. The van der Waals surface area contributed by atoms with Crippen LogP contribution in [0.2, 0.25) is 0 Å². The lowest BCUT2D eigenvalue weighted by atomic mass is 9.95. The van der Waals surface area contributed by atoms with Crippen molar-refractivity contribution < 1.29 is 4.79 Å². The highest BCUT2D eigenvalue weighted by molar-refractivity contribution is 7.98. The van der Waals surface area contributed by atoms with Gasteiger partial charge < -0.3 is 5.32 Å². The molecule has 164 valence electrons. The third-order valence-electron chi connectivity index (χ3n) is 5.25. The lowest BCUT2D eigenvalue weighted by Gasteiger charge is -2.24. The minimum absolute atomic E-state index is 0.109. The van der Waals surface area contributed by atoms with Crippen molar-refractivity contribution >= 4 is 29.3 Å². The highest BCUT2D eigenvalue weighted by atomic mass is 35.5. The van der Waals surface area contributed by atoms with E-state index < -0.39 is 5.41 Å². The zero-order valence-corrected chi connectivity index (χ0v) is 20.2. The summed E-state index contributed by atoms with van der Waals surface area (Å²) >= 11 is 7.61. The van der Waals surface area contributed by atoms with Crippen LogP contribution in [-0.2, 0) is 10.5 Å². The van der Waals surface area contributed by atoms with E-state index in [0.29, 0.717) is 5.82 Å². The van der Waals surface area contributed by atoms with E-state index in [1.807, 2.05) is 31.4 Å². The molecule has 7 heteroatoms. The Morgan fingerprint density at radius 3 is 2.45 bits per heavy atom. The van der Waals surface area contributed by atoms with Crippen molar-refractivity contribution in [1.82, 2.24) is 20.1 Å². The number of benzene rings is 2. The van der Waals surface area contributed by atoms with Gasteiger partial charge in [0.25, 0.3) is 0 Å². The van der Waals surface area contributed by atoms with Gasteiger partial charge in [-0.1, -0.05) is 53.7 Å². The van der Waals surface area contributed by atoms with Gasteiger partial charge in [-0.15, -0.1) is 21.8 Å². The monoisotopic (exact) mass is 456 g/mol. The molecule has 1 aromatic heterocycles. The van der Waals surface area contributed by atoms with Crippen LogP contribution in [0.4, 0.5) is 0 Å². The third-order valence-corrected chi connectivity index (χ3v) is 6.90. The number of amides is 1. The summed E-state index contributed by atoms with van der Waals surface area (Å²) in [4.78, 5) is 12.7.